The van der Waals surface area contributed by atoms with E-state index < -0.39 is 0 Å². The SMILES string of the molecule is Cc1ccc(C(=O)N2CCC(C)CC2)cc1C1CCNCC1. The number of amides is 1. The second-order valence-corrected chi connectivity index (χ2v) is 7.07. The van der Waals surface area contributed by atoms with Crippen LogP contribution in [0.3, 0.4) is 0 Å². The second-order valence-electron chi connectivity index (χ2n) is 7.07. The van der Waals surface area contributed by atoms with Crippen molar-refractivity contribution < 1.29 is 4.79 Å². The zero-order chi connectivity index (χ0) is 15.5. The van der Waals surface area contributed by atoms with Crippen LogP contribution in [-0.4, -0.2) is 37.0 Å². The van der Waals surface area contributed by atoms with Gasteiger partial charge in [-0.3, -0.25) is 4.79 Å². The van der Waals surface area contributed by atoms with Gasteiger partial charge in [-0.2, -0.15) is 0 Å². The molecule has 1 aromatic carbocycles. The number of carbonyl (C=O) groups is 1. The fourth-order valence-electron chi connectivity index (χ4n) is 3.74. The third-order valence-electron chi connectivity index (χ3n) is 5.38. The van der Waals surface area contributed by atoms with Gasteiger partial charge in [0.2, 0.25) is 0 Å². The van der Waals surface area contributed by atoms with Crippen LogP contribution >= 0.6 is 0 Å². The van der Waals surface area contributed by atoms with E-state index in [4.69, 9.17) is 0 Å². The third kappa shape index (κ3) is 3.35. The minimum absolute atomic E-state index is 0.224. The summed E-state index contributed by atoms with van der Waals surface area (Å²) < 4.78 is 0. The minimum atomic E-state index is 0.224. The zero-order valence-corrected chi connectivity index (χ0v) is 13.9. The van der Waals surface area contributed by atoms with Gasteiger partial charge in [-0.15, -0.1) is 0 Å². The molecule has 22 heavy (non-hydrogen) atoms. The van der Waals surface area contributed by atoms with E-state index in [1.807, 2.05) is 11.0 Å². The molecule has 0 radical (unpaired) electrons. The van der Waals surface area contributed by atoms with Crippen molar-refractivity contribution in [1.82, 2.24) is 10.2 Å². The molecule has 0 atom stereocenters. The number of hydrogen-bond acceptors (Lipinski definition) is 2. The van der Waals surface area contributed by atoms with Crippen molar-refractivity contribution in [2.75, 3.05) is 26.2 Å². The summed E-state index contributed by atoms with van der Waals surface area (Å²) in [6.45, 7) is 8.46. The maximum Gasteiger partial charge on any atom is 0.253 e. The molecule has 0 bridgehead atoms. The van der Waals surface area contributed by atoms with Crippen molar-refractivity contribution in [3.05, 3.63) is 34.9 Å². The number of rotatable bonds is 2. The molecule has 3 nitrogen and oxygen atoms in total. The topological polar surface area (TPSA) is 32.3 Å². The monoisotopic (exact) mass is 300 g/mol. The Kier molecular flexibility index (Phi) is 4.82. The summed E-state index contributed by atoms with van der Waals surface area (Å²) in [6.07, 6.45) is 4.64. The lowest BCUT2D eigenvalue weighted by atomic mass is 9.86. The zero-order valence-electron chi connectivity index (χ0n) is 13.9. The average molecular weight is 300 g/mol. The van der Waals surface area contributed by atoms with Crippen LogP contribution in [0.5, 0.6) is 0 Å². The summed E-state index contributed by atoms with van der Waals surface area (Å²) in [6, 6.07) is 6.32. The average Bonchev–Trinajstić information content (AvgIpc) is 2.56. The molecule has 3 heteroatoms. The molecular formula is C19H28N2O. The molecule has 1 amide bonds. The summed E-state index contributed by atoms with van der Waals surface area (Å²) in [5, 5.41) is 3.42. The van der Waals surface area contributed by atoms with Gasteiger partial charge in [0.15, 0.2) is 0 Å². The number of benzene rings is 1. The maximum atomic E-state index is 12.8. The lowest BCUT2D eigenvalue weighted by molar-refractivity contribution is 0.0697. The van der Waals surface area contributed by atoms with E-state index in [0.29, 0.717) is 5.92 Å². The molecule has 0 aromatic heterocycles. The first kappa shape index (κ1) is 15.5. The Bertz CT molecular complexity index is 526. The first-order valence-electron chi connectivity index (χ1n) is 8.75. The van der Waals surface area contributed by atoms with E-state index in [9.17, 15) is 4.79 Å². The van der Waals surface area contributed by atoms with E-state index in [1.54, 1.807) is 0 Å². The predicted octanol–water partition coefficient (Wildman–Crippen LogP) is 3.33. The highest BCUT2D eigenvalue weighted by Gasteiger charge is 2.23. The van der Waals surface area contributed by atoms with Crippen molar-refractivity contribution in [3.8, 4) is 0 Å². The van der Waals surface area contributed by atoms with Crippen LogP contribution in [0.15, 0.2) is 18.2 Å². The number of piperidine rings is 2. The second kappa shape index (κ2) is 6.82. The highest BCUT2D eigenvalue weighted by Crippen LogP contribution is 2.29. The molecule has 0 unspecified atom stereocenters. The van der Waals surface area contributed by atoms with Crippen LogP contribution in [0, 0.1) is 12.8 Å². The number of aryl methyl sites for hydroxylation is 1. The van der Waals surface area contributed by atoms with Gasteiger partial charge in [0.05, 0.1) is 0 Å². The Morgan fingerprint density at radius 2 is 1.82 bits per heavy atom. The van der Waals surface area contributed by atoms with Crippen LogP contribution in [0.2, 0.25) is 0 Å². The molecule has 2 heterocycles. The van der Waals surface area contributed by atoms with Crippen molar-refractivity contribution >= 4 is 5.91 Å². The summed E-state index contributed by atoms with van der Waals surface area (Å²) in [7, 11) is 0. The van der Waals surface area contributed by atoms with Gasteiger partial charge in [-0.1, -0.05) is 13.0 Å². The van der Waals surface area contributed by atoms with Crippen LogP contribution in [0.25, 0.3) is 0 Å². The largest absolute Gasteiger partial charge is 0.339 e. The van der Waals surface area contributed by atoms with Gasteiger partial charge in [-0.25, -0.2) is 0 Å². The molecular weight excluding hydrogens is 272 g/mol. The molecule has 3 rings (SSSR count). The molecule has 2 aliphatic heterocycles. The molecule has 0 spiro atoms. The number of likely N-dealkylation sites (tertiary alicyclic amines) is 1. The van der Waals surface area contributed by atoms with Crippen LogP contribution in [0.4, 0.5) is 0 Å². The van der Waals surface area contributed by atoms with E-state index in [0.717, 1.165) is 50.5 Å². The molecule has 2 aliphatic rings. The highest BCUT2D eigenvalue weighted by molar-refractivity contribution is 5.94. The van der Waals surface area contributed by atoms with E-state index in [-0.39, 0.29) is 5.91 Å². The summed E-state index contributed by atoms with van der Waals surface area (Å²) in [5.74, 6) is 1.59. The smallest absolute Gasteiger partial charge is 0.253 e. The molecule has 0 aliphatic carbocycles. The Labute approximate surface area is 134 Å². The number of nitrogens with zero attached hydrogens (tertiary/aromatic N) is 1. The van der Waals surface area contributed by atoms with Crippen molar-refractivity contribution in [1.29, 1.82) is 0 Å². The van der Waals surface area contributed by atoms with Gasteiger partial charge in [0.1, 0.15) is 0 Å². The quantitative estimate of drug-likeness (QED) is 0.908. The molecule has 120 valence electrons. The van der Waals surface area contributed by atoms with Crippen LogP contribution < -0.4 is 5.32 Å². The van der Waals surface area contributed by atoms with Crippen molar-refractivity contribution in [2.45, 2.75) is 45.4 Å². The van der Waals surface area contributed by atoms with Gasteiger partial charge >= 0.3 is 0 Å². The van der Waals surface area contributed by atoms with Crippen LogP contribution in [-0.2, 0) is 0 Å². The Morgan fingerprint density at radius 1 is 1.14 bits per heavy atom. The van der Waals surface area contributed by atoms with E-state index >= 15 is 0 Å². The van der Waals surface area contributed by atoms with Gasteiger partial charge in [-0.05, 0) is 80.8 Å². The van der Waals surface area contributed by atoms with Crippen LogP contribution in [0.1, 0.15) is 60.0 Å². The number of carbonyl (C=O) groups excluding carboxylic acids is 1. The minimum Gasteiger partial charge on any atom is -0.339 e. The predicted molar refractivity (Wildman–Crippen MR) is 90.3 cm³/mol. The summed E-state index contributed by atoms with van der Waals surface area (Å²) >= 11 is 0. The number of nitrogens with one attached hydrogen (secondary N) is 1. The first-order valence-corrected chi connectivity index (χ1v) is 8.75. The van der Waals surface area contributed by atoms with Gasteiger partial charge in [0, 0.05) is 18.7 Å². The fourth-order valence-corrected chi connectivity index (χ4v) is 3.74. The molecule has 1 N–H and O–H groups in total. The molecule has 0 saturated carbocycles. The third-order valence-corrected chi connectivity index (χ3v) is 5.38. The summed E-state index contributed by atoms with van der Waals surface area (Å²) in [5.41, 5.74) is 3.60. The Hall–Kier alpha value is -1.35. The lowest BCUT2D eigenvalue weighted by Gasteiger charge is -2.31. The van der Waals surface area contributed by atoms with E-state index in [1.165, 1.54) is 24.0 Å². The Balaban J connectivity index is 1.77. The maximum absolute atomic E-state index is 12.8. The lowest BCUT2D eigenvalue weighted by Crippen LogP contribution is -2.38. The van der Waals surface area contributed by atoms with Crippen molar-refractivity contribution in [3.63, 3.8) is 0 Å². The number of hydrogen-bond donors (Lipinski definition) is 1. The highest BCUT2D eigenvalue weighted by atomic mass is 16.2. The van der Waals surface area contributed by atoms with Gasteiger partial charge in [0.25, 0.3) is 5.91 Å². The molecule has 2 fully saturated rings. The standard InChI is InChI=1S/C19H28N2O/c1-14-7-11-21(12-8-14)19(22)17-4-3-15(2)18(13-17)16-5-9-20-10-6-16/h3-4,13-14,16,20H,5-12H2,1-2H3. The Morgan fingerprint density at radius 3 is 2.50 bits per heavy atom. The normalized spacial score (nSPS) is 21.1. The summed E-state index contributed by atoms with van der Waals surface area (Å²) in [4.78, 5) is 14.8. The molecule has 1 aromatic rings. The van der Waals surface area contributed by atoms with Gasteiger partial charge < -0.3 is 10.2 Å². The van der Waals surface area contributed by atoms with Crippen molar-refractivity contribution in [2.24, 2.45) is 5.92 Å². The van der Waals surface area contributed by atoms with E-state index in [2.05, 4.69) is 31.3 Å². The molecule has 2 saturated heterocycles. The first-order chi connectivity index (χ1) is 10.6. The fraction of sp³-hybridized carbons (Fsp3) is 0.632.